The van der Waals surface area contributed by atoms with Gasteiger partial charge in [-0.2, -0.15) is 0 Å². The lowest BCUT2D eigenvalue weighted by atomic mass is 9.98. The molecule has 0 amide bonds. The first kappa shape index (κ1) is 15.6. The van der Waals surface area contributed by atoms with Crippen LogP contribution in [-0.4, -0.2) is 12.6 Å². The zero-order valence-electron chi connectivity index (χ0n) is 12.7. The van der Waals surface area contributed by atoms with Crippen LogP contribution in [0, 0.1) is 5.92 Å². The number of hydrogen-bond acceptors (Lipinski definition) is 4. The molecule has 112 valence electrons. The van der Waals surface area contributed by atoms with Crippen LogP contribution >= 0.6 is 11.3 Å². The van der Waals surface area contributed by atoms with E-state index in [2.05, 4.69) is 26.0 Å². The predicted octanol–water partition coefficient (Wildman–Crippen LogP) is 4.37. The molecule has 0 radical (unpaired) electrons. The van der Waals surface area contributed by atoms with E-state index in [-0.39, 0.29) is 5.97 Å². The van der Waals surface area contributed by atoms with Gasteiger partial charge in [0.05, 0.1) is 6.61 Å². The Balaban J connectivity index is 2.32. The highest BCUT2D eigenvalue weighted by Gasteiger charge is 2.19. The molecule has 0 unspecified atom stereocenters. The van der Waals surface area contributed by atoms with Crippen molar-refractivity contribution < 1.29 is 9.53 Å². The highest BCUT2D eigenvalue weighted by Crippen LogP contribution is 2.34. The average Bonchev–Trinajstić information content (AvgIpc) is 2.81. The molecule has 1 heterocycles. The Labute approximate surface area is 129 Å². The van der Waals surface area contributed by atoms with Crippen LogP contribution < -0.4 is 5.73 Å². The van der Waals surface area contributed by atoms with Crippen LogP contribution in [0.25, 0.3) is 11.1 Å². The first-order valence-corrected chi connectivity index (χ1v) is 8.04. The highest BCUT2D eigenvalue weighted by atomic mass is 32.1. The Kier molecular flexibility index (Phi) is 5.02. The summed E-state index contributed by atoms with van der Waals surface area (Å²) in [5.41, 5.74) is 9.56. The summed E-state index contributed by atoms with van der Waals surface area (Å²) in [5.74, 6) is 0.278. The van der Waals surface area contributed by atoms with Gasteiger partial charge in [-0.1, -0.05) is 38.1 Å². The number of nitrogens with two attached hydrogens (primary N) is 1. The largest absolute Gasteiger partial charge is 0.462 e. The number of carbonyl (C=O) groups excluding carboxylic acids is 1. The van der Waals surface area contributed by atoms with Crippen LogP contribution in [0.15, 0.2) is 29.6 Å². The molecule has 2 N–H and O–H groups in total. The summed E-state index contributed by atoms with van der Waals surface area (Å²) >= 11 is 1.37. The summed E-state index contributed by atoms with van der Waals surface area (Å²) in [6.07, 6.45) is 1.05. The van der Waals surface area contributed by atoms with Gasteiger partial charge >= 0.3 is 5.97 Å². The van der Waals surface area contributed by atoms with Crippen molar-refractivity contribution in [1.82, 2.24) is 0 Å². The Morgan fingerprint density at radius 3 is 2.52 bits per heavy atom. The Morgan fingerprint density at radius 2 is 1.95 bits per heavy atom. The first-order valence-electron chi connectivity index (χ1n) is 7.16. The van der Waals surface area contributed by atoms with Gasteiger partial charge in [0, 0.05) is 10.9 Å². The van der Waals surface area contributed by atoms with Gasteiger partial charge < -0.3 is 10.5 Å². The van der Waals surface area contributed by atoms with E-state index in [0.29, 0.717) is 23.1 Å². The van der Waals surface area contributed by atoms with Crippen molar-refractivity contribution in [3.8, 4) is 11.1 Å². The van der Waals surface area contributed by atoms with Crippen LogP contribution in [0.2, 0.25) is 0 Å². The average molecular weight is 303 g/mol. The molecule has 0 saturated carbocycles. The number of benzene rings is 1. The molecule has 2 aromatic rings. The van der Waals surface area contributed by atoms with Crippen molar-refractivity contribution in [3.05, 3.63) is 40.8 Å². The number of esters is 1. The van der Waals surface area contributed by atoms with E-state index in [1.165, 1.54) is 16.9 Å². The topological polar surface area (TPSA) is 52.3 Å². The first-order chi connectivity index (χ1) is 10.0. The van der Waals surface area contributed by atoms with Gasteiger partial charge in [-0.05, 0) is 30.4 Å². The minimum Gasteiger partial charge on any atom is -0.462 e. The fourth-order valence-electron chi connectivity index (χ4n) is 2.29. The SMILES string of the molecule is CCOC(=O)c1c(-c2ccc(CC(C)C)cc2)csc1N. The molecular formula is C17H21NO2S. The fraction of sp³-hybridized carbons (Fsp3) is 0.353. The highest BCUT2D eigenvalue weighted by molar-refractivity contribution is 7.14. The van der Waals surface area contributed by atoms with Crippen LogP contribution in [0.3, 0.4) is 0 Å². The Hall–Kier alpha value is -1.81. The number of hydrogen-bond donors (Lipinski definition) is 1. The molecule has 2 rings (SSSR count). The van der Waals surface area contributed by atoms with Gasteiger partial charge in [0.2, 0.25) is 0 Å². The van der Waals surface area contributed by atoms with Gasteiger partial charge in [-0.3, -0.25) is 0 Å². The van der Waals surface area contributed by atoms with Crippen LogP contribution in [0.5, 0.6) is 0 Å². The quantitative estimate of drug-likeness (QED) is 0.834. The van der Waals surface area contributed by atoms with Gasteiger partial charge in [0.25, 0.3) is 0 Å². The number of thiophene rings is 1. The molecule has 3 nitrogen and oxygen atoms in total. The normalized spacial score (nSPS) is 10.9. The molecule has 0 aliphatic rings. The lowest BCUT2D eigenvalue weighted by Gasteiger charge is -2.08. The number of anilines is 1. The molecule has 0 bridgehead atoms. The van der Waals surface area contributed by atoms with Crippen molar-refractivity contribution in [2.24, 2.45) is 5.92 Å². The van der Waals surface area contributed by atoms with Crippen LogP contribution in [0.1, 0.15) is 36.7 Å². The van der Waals surface area contributed by atoms with Crippen LogP contribution in [0.4, 0.5) is 5.00 Å². The summed E-state index contributed by atoms with van der Waals surface area (Å²) in [7, 11) is 0. The third kappa shape index (κ3) is 3.64. The smallest absolute Gasteiger partial charge is 0.341 e. The zero-order chi connectivity index (χ0) is 15.4. The molecule has 0 fully saturated rings. The van der Waals surface area contributed by atoms with E-state index in [4.69, 9.17) is 10.5 Å². The van der Waals surface area contributed by atoms with Crippen molar-refractivity contribution in [2.75, 3.05) is 12.3 Å². The van der Waals surface area contributed by atoms with Gasteiger partial charge in [-0.15, -0.1) is 11.3 Å². The maximum absolute atomic E-state index is 12.0. The lowest BCUT2D eigenvalue weighted by molar-refractivity contribution is 0.0529. The number of ether oxygens (including phenoxy) is 1. The summed E-state index contributed by atoms with van der Waals surface area (Å²) in [6.45, 7) is 6.54. The number of nitrogen functional groups attached to an aromatic ring is 1. The Bertz CT molecular complexity index is 614. The van der Waals surface area contributed by atoms with Crippen LogP contribution in [-0.2, 0) is 11.2 Å². The molecule has 0 spiro atoms. The standard InChI is InChI=1S/C17H21NO2S/c1-4-20-17(19)15-14(10-21-16(15)18)13-7-5-12(6-8-13)9-11(2)3/h5-8,10-11H,4,9,18H2,1-3H3. The molecule has 1 aromatic heterocycles. The molecule has 4 heteroatoms. The lowest BCUT2D eigenvalue weighted by Crippen LogP contribution is -2.07. The second-order valence-electron chi connectivity index (χ2n) is 5.40. The molecule has 0 atom stereocenters. The fourth-order valence-corrected chi connectivity index (χ4v) is 3.10. The van der Waals surface area contributed by atoms with Gasteiger partial charge in [0.1, 0.15) is 10.6 Å². The summed E-state index contributed by atoms with van der Waals surface area (Å²) in [6, 6.07) is 8.31. The summed E-state index contributed by atoms with van der Waals surface area (Å²) in [5, 5.41) is 2.42. The number of carbonyl (C=O) groups is 1. The van der Waals surface area contributed by atoms with Gasteiger partial charge in [-0.25, -0.2) is 4.79 Å². The van der Waals surface area contributed by atoms with E-state index >= 15 is 0 Å². The van der Waals surface area contributed by atoms with Crippen molar-refractivity contribution in [1.29, 1.82) is 0 Å². The van der Waals surface area contributed by atoms with Crippen molar-refractivity contribution >= 4 is 22.3 Å². The Morgan fingerprint density at radius 1 is 1.29 bits per heavy atom. The zero-order valence-corrected chi connectivity index (χ0v) is 13.5. The molecule has 0 aliphatic heterocycles. The van der Waals surface area contributed by atoms with E-state index in [0.717, 1.165) is 17.5 Å². The van der Waals surface area contributed by atoms with Gasteiger partial charge in [0.15, 0.2) is 0 Å². The van der Waals surface area contributed by atoms with E-state index < -0.39 is 0 Å². The maximum atomic E-state index is 12.0. The monoisotopic (exact) mass is 303 g/mol. The summed E-state index contributed by atoms with van der Waals surface area (Å²) in [4.78, 5) is 12.0. The molecule has 21 heavy (non-hydrogen) atoms. The third-order valence-electron chi connectivity index (χ3n) is 3.21. The predicted molar refractivity (Wildman–Crippen MR) is 88.7 cm³/mol. The molecular weight excluding hydrogens is 282 g/mol. The molecule has 0 saturated heterocycles. The van der Waals surface area contributed by atoms with E-state index in [1.807, 2.05) is 17.5 Å². The van der Waals surface area contributed by atoms with Crippen molar-refractivity contribution in [2.45, 2.75) is 27.2 Å². The maximum Gasteiger partial charge on any atom is 0.341 e. The summed E-state index contributed by atoms with van der Waals surface area (Å²) < 4.78 is 5.09. The van der Waals surface area contributed by atoms with Crippen molar-refractivity contribution in [3.63, 3.8) is 0 Å². The van der Waals surface area contributed by atoms with E-state index in [9.17, 15) is 4.79 Å². The third-order valence-corrected chi connectivity index (χ3v) is 4.02. The second-order valence-corrected chi connectivity index (χ2v) is 6.32. The molecule has 0 aliphatic carbocycles. The minimum absolute atomic E-state index is 0.348. The van der Waals surface area contributed by atoms with E-state index in [1.54, 1.807) is 6.92 Å². The molecule has 1 aromatic carbocycles. The number of rotatable bonds is 5. The second kappa shape index (κ2) is 6.76. The minimum atomic E-state index is -0.350.